The predicted molar refractivity (Wildman–Crippen MR) is 84.1 cm³/mol. The maximum atomic E-state index is 11.6. The number of hydrogen-bond donors (Lipinski definition) is 2. The van der Waals surface area contributed by atoms with Crippen molar-refractivity contribution in [2.24, 2.45) is 5.14 Å². The fourth-order valence-corrected chi connectivity index (χ4v) is 3.35. The second-order valence-electron chi connectivity index (χ2n) is 4.59. The largest absolute Gasteiger partial charge is 0.495 e. The predicted octanol–water partition coefficient (Wildman–Crippen LogP) is 0.753. The van der Waals surface area contributed by atoms with Gasteiger partial charge in [-0.05, 0) is 30.4 Å². The van der Waals surface area contributed by atoms with Crippen LogP contribution in [-0.2, 0) is 21.2 Å². The van der Waals surface area contributed by atoms with Gasteiger partial charge < -0.3 is 10.1 Å². The lowest BCUT2D eigenvalue weighted by atomic mass is 10.1. The topological polar surface area (TPSA) is 98.5 Å². The molecular weight excluding hydrogens is 312 g/mol. The second kappa shape index (κ2) is 7.67. The zero-order valence-electron chi connectivity index (χ0n) is 12.3. The molecule has 0 saturated heterocycles. The number of carbonyl (C=O) groups is 1. The molecular formula is C13H20N2O4S2. The third-order valence-corrected chi connectivity index (χ3v) is 4.46. The van der Waals surface area contributed by atoms with Gasteiger partial charge in [-0.3, -0.25) is 4.79 Å². The summed E-state index contributed by atoms with van der Waals surface area (Å²) in [5, 5.41) is 8.03. The number of rotatable bonds is 7. The first kappa shape index (κ1) is 17.8. The third kappa shape index (κ3) is 5.56. The molecule has 0 aliphatic heterocycles. The van der Waals surface area contributed by atoms with E-state index in [0.717, 1.165) is 11.3 Å². The molecule has 0 fully saturated rings. The van der Waals surface area contributed by atoms with Crippen molar-refractivity contribution in [3.8, 4) is 5.75 Å². The molecule has 1 aromatic rings. The van der Waals surface area contributed by atoms with Crippen LogP contribution >= 0.6 is 11.8 Å². The zero-order chi connectivity index (χ0) is 16.0. The molecule has 6 nitrogen and oxygen atoms in total. The Morgan fingerprint density at radius 3 is 2.62 bits per heavy atom. The van der Waals surface area contributed by atoms with Crippen LogP contribution in [0.25, 0.3) is 0 Å². The van der Waals surface area contributed by atoms with E-state index in [4.69, 9.17) is 9.88 Å². The van der Waals surface area contributed by atoms with Crippen molar-refractivity contribution < 1.29 is 17.9 Å². The minimum absolute atomic E-state index is 0.0479. The Kier molecular flexibility index (Phi) is 6.50. The number of nitrogens with two attached hydrogens (primary N) is 1. The van der Waals surface area contributed by atoms with Gasteiger partial charge in [0.15, 0.2) is 0 Å². The summed E-state index contributed by atoms with van der Waals surface area (Å²) in [4.78, 5) is 11.1. The van der Waals surface area contributed by atoms with Crippen LogP contribution in [-0.4, -0.2) is 39.5 Å². The molecule has 0 aromatic heterocycles. The normalized spacial score (nSPS) is 12.8. The summed E-state index contributed by atoms with van der Waals surface area (Å²) in [6.07, 6.45) is 2.46. The molecule has 0 unspecified atom stereocenters. The number of sulfonamides is 1. The summed E-state index contributed by atoms with van der Waals surface area (Å²) in [6, 6.07) is 4.75. The van der Waals surface area contributed by atoms with E-state index < -0.39 is 10.0 Å². The summed E-state index contributed by atoms with van der Waals surface area (Å²) in [7, 11) is -2.47. The van der Waals surface area contributed by atoms with Crippen molar-refractivity contribution in [2.45, 2.75) is 24.3 Å². The zero-order valence-corrected chi connectivity index (χ0v) is 13.9. The van der Waals surface area contributed by atoms with E-state index in [0.29, 0.717) is 6.42 Å². The molecule has 0 bridgehead atoms. The smallest absolute Gasteiger partial charge is 0.241 e. The highest BCUT2D eigenvalue weighted by molar-refractivity contribution is 7.98. The fraction of sp³-hybridized carbons (Fsp3) is 0.462. The molecule has 21 heavy (non-hydrogen) atoms. The van der Waals surface area contributed by atoms with E-state index in [1.54, 1.807) is 23.9 Å². The van der Waals surface area contributed by atoms with Crippen molar-refractivity contribution in [1.29, 1.82) is 0 Å². The molecule has 0 heterocycles. The van der Waals surface area contributed by atoms with E-state index in [1.165, 1.54) is 20.1 Å². The number of benzene rings is 1. The Labute approximate surface area is 129 Å². The molecule has 1 atom stereocenters. The van der Waals surface area contributed by atoms with E-state index in [1.807, 2.05) is 6.26 Å². The van der Waals surface area contributed by atoms with Crippen molar-refractivity contribution in [1.82, 2.24) is 5.32 Å². The van der Waals surface area contributed by atoms with Crippen LogP contribution in [0.4, 0.5) is 0 Å². The molecule has 3 N–H and O–H groups in total. The van der Waals surface area contributed by atoms with Gasteiger partial charge in [0, 0.05) is 18.7 Å². The van der Waals surface area contributed by atoms with Gasteiger partial charge in [0.25, 0.3) is 0 Å². The van der Waals surface area contributed by atoms with E-state index in [9.17, 15) is 13.2 Å². The first-order valence-electron chi connectivity index (χ1n) is 6.23. The van der Waals surface area contributed by atoms with Crippen LogP contribution in [0.5, 0.6) is 5.75 Å². The van der Waals surface area contributed by atoms with Gasteiger partial charge in [0.2, 0.25) is 15.9 Å². The second-order valence-corrected chi connectivity index (χ2v) is 7.03. The summed E-state index contributed by atoms with van der Waals surface area (Å²) in [5.74, 6) is 0.826. The molecule has 0 saturated carbocycles. The number of ether oxygens (including phenoxy) is 1. The van der Waals surface area contributed by atoms with Crippen molar-refractivity contribution >= 4 is 27.7 Å². The first-order valence-corrected chi connectivity index (χ1v) is 9.17. The molecule has 1 rings (SSSR count). The number of hydrogen-bond acceptors (Lipinski definition) is 5. The van der Waals surface area contributed by atoms with Crippen molar-refractivity contribution in [2.75, 3.05) is 19.1 Å². The van der Waals surface area contributed by atoms with Gasteiger partial charge in [-0.15, -0.1) is 0 Å². The van der Waals surface area contributed by atoms with Gasteiger partial charge in [-0.25, -0.2) is 13.6 Å². The number of primary sulfonamides is 1. The van der Waals surface area contributed by atoms with E-state index in [2.05, 4.69) is 5.32 Å². The minimum atomic E-state index is -3.86. The van der Waals surface area contributed by atoms with E-state index in [-0.39, 0.29) is 22.6 Å². The molecule has 0 aliphatic carbocycles. The van der Waals surface area contributed by atoms with Crippen LogP contribution in [0.15, 0.2) is 23.1 Å². The van der Waals surface area contributed by atoms with Gasteiger partial charge in [-0.1, -0.05) is 6.07 Å². The minimum Gasteiger partial charge on any atom is -0.495 e. The molecule has 118 valence electrons. The van der Waals surface area contributed by atoms with Crippen LogP contribution in [0.2, 0.25) is 0 Å². The quantitative estimate of drug-likeness (QED) is 0.768. The summed E-state index contributed by atoms with van der Waals surface area (Å²) >= 11 is 1.61. The maximum absolute atomic E-state index is 11.6. The molecule has 0 radical (unpaired) electrons. The van der Waals surface area contributed by atoms with E-state index >= 15 is 0 Å². The Hall–Kier alpha value is -1.25. The van der Waals surface area contributed by atoms with Gasteiger partial charge in [0.05, 0.1) is 7.11 Å². The Morgan fingerprint density at radius 1 is 1.48 bits per heavy atom. The molecule has 0 spiro atoms. The first-order chi connectivity index (χ1) is 9.77. The Bertz CT molecular complexity index is 602. The summed E-state index contributed by atoms with van der Waals surface area (Å²) in [5.41, 5.74) is 0.771. The third-order valence-electron chi connectivity index (χ3n) is 2.79. The number of amides is 1. The maximum Gasteiger partial charge on any atom is 0.241 e. The highest BCUT2D eigenvalue weighted by atomic mass is 32.2. The number of carbonyl (C=O) groups excluding carboxylic acids is 1. The van der Waals surface area contributed by atoms with Crippen LogP contribution < -0.4 is 15.2 Å². The molecule has 8 heteroatoms. The van der Waals surface area contributed by atoms with Crippen LogP contribution in [0.3, 0.4) is 0 Å². The lowest BCUT2D eigenvalue weighted by Gasteiger charge is -2.17. The number of thioether (sulfide) groups is 1. The van der Waals surface area contributed by atoms with Gasteiger partial charge in [-0.2, -0.15) is 11.8 Å². The standard InChI is InChI=1S/C13H20N2O4S2/c1-9(16)15-11(8-20-3)6-10-4-5-12(19-2)13(7-10)21(14,17)18/h4-5,7,11H,6,8H2,1-3H3,(H,15,16)(H2,14,17,18)/t11-/m0/s1. The van der Waals surface area contributed by atoms with Crippen molar-refractivity contribution in [3.63, 3.8) is 0 Å². The Morgan fingerprint density at radius 2 is 2.14 bits per heavy atom. The van der Waals surface area contributed by atoms with Crippen LogP contribution in [0.1, 0.15) is 12.5 Å². The SMILES string of the molecule is COc1ccc(C[C@@H](CSC)NC(C)=O)cc1S(N)(=O)=O. The number of nitrogens with one attached hydrogen (secondary N) is 1. The summed E-state index contributed by atoms with van der Waals surface area (Å²) in [6.45, 7) is 1.46. The lowest BCUT2D eigenvalue weighted by Crippen LogP contribution is -2.36. The monoisotopic (exact) mass is 332 g/mol. The lowest BCUT2D eigenvalue weighted by molar-refractivity contribution is -0.119. The highest BCUT2D eigenvalue weighted by Gasteiger charge is 2.17. The average molecular weight is 332 g/mol. The van der Waals surface area contributed by atoms with Gasteiger partial charge >= 0.3 is 0 Å². The average Bonchev–Trinajstić information content (AvgIpc) is 2.37. The fourth-order valence-electron chi connectivity index (χ4n) is 2.00. The molecule has 1 aromatic carbocycles. The van der Waals surface area contributed by atoms with Crippen molar-refractivity contribution in [3.05, 3.63) is 23.8 Å². The van der Waals surface area contributed by atoms with Crippen LogP contribution in [0, 0.1) is 0 Å². The Balaban J connectivity index is 3.05. The molecule has 0 aliphatic rings. The number of methoxy groups -OCH3 is 1. The van der Waals surface area contributed by atoms with Gasteiger partial charge in [0.1, 0.15) is 10.6 Å². The molecule has 1 amide bonds. The highest BCUT2D eigenvalue weighted by Crippen LogP contribution is 2.24. The summed E-state index contributed by atoms with van der Waals surface area (Å²) < 4.78 is 28.2.